The number of carbonyl (C=O) groups is 2. The number of hydrogen-bond donors (Lipinski definition) is 2. The molecule has 106 valence electrons. The Morgan fingerprint density at radius 3 is 2.39 bits per heavy atom. The first kappa shape index (κ1) is 16.9. The molecule has 0 spiro atoms. The molecule has 0 heterocycles. The van der Waals surface area contributed by atoms with Gasteiger partial charge in [0.15, 0.2) is 5.78 Å². The maximum Gasteiger partial charge on any atom is 0.528 e. The van der Waals surface area contributed by atoms with Crippen molar-refractivity contribution < 1.29 is 19.2 Å². The molecule has 0 aromatic carbocycles. The standard InChI is InChI=1S/C12H24N2O4/c1-6-13-8-7-10(15)9(2)14-18-11(16)17-12(3,4)5/h9,13-14H,6-8H2,1-5H3/t9-/m0/s1. The topological polar surface area (TPSA) is 76.7 Å². The second kappa shape index (κ2) is 8.05. The molecule has 0 fully saturated rings. The van der Waals surface area contributed by atoms with E-state index in [4.69, 9.17) is 4.74 Å². The van der Waals surface area contributed by atoms with Crippen molar-refractivity contribution in [2.24, 2.45) is 0 Å². The van der Waals surface area contributed by atoms with Crippen molar-refractivity contribution in [2.45, 2.75) is 52.7 Å². The molecule has 18 heavy (non-hydrogen) atoms. The van der Waals surface area contributed by atoms with Crippen LogP contribution in [-0.2, 0) is 14.4 Å². The highest BCUT2D eigenvalue weighted by Crippen LogP contribution is 2.07. The first-order chi connectivity index (χ1) is 8.26. The monoisotopic (exact) mass is 260 g/mol. The number of rotatable bonds is 7. The van der Waals surface area contributed by atoms with E-state index in [0.717, 1.165) is 6.54 Å². The van der Waals surface area contributed by atoms with Crippen LogP contribution in [0.1, 0.15) is 41.0 Å². The molecular formula is C12H24N2O4. The number of hydrogen-bond acceptors (Lipinski definition) is 6. The van der Waals surface area contributed by atoms with Gasteiger partial charge in [-0.05, 0) is 34.2 Å². The number of nitrogens with one attached hydrogen (secondary N) is 2. The van der Waals surface area contributed by atoms with Gasteiger partial charge < -0.3 is 14.9 Å². The van der Waals surface area contributed by atoms with Gasteiger partial charge >= 0.3 is 6.16 Å². The molecule has 6 heteroatoms. The summed E-state index contributed by atoms with van der Waals surface area (Å²) < 4.78 is 4.92. The SMILES string of the molecule is CCNCCC(=O)[C@H](C)NOC(=O)OC(C)(C)C. The Hall–Kier alpha value is -1.14. The van der Waals surface area contributed by atoms with Crippen molar-refractivity contribution in [3.05, 3.63) is 0 Å². The van der Waals surface area contributed by atoms with Crippen LogP contribution < -0.4 is 10.8 Å². The Labute approximate surface area is 108 Å². The average molecular weight is 260 g/mol. The Morgan fingerprint density at radius 2 is 1.89 bits per heavy atom. The predicted molar refractivity (Wildman–Crippen MR) is 68.1 cm³/mol. The summed E-state index contributed by atoms with van der Waals surface area (Å²) in [5.74, 6) is -0.0282. The minimum Gasteiger partial charge on any atom is -0.427 e. The lowest BCUT2D eigenvalue weighted by atomic mass is 10.2. The zero-order valence-corrected chi connectivity index (χ0v) is 11.8. The zero-order valence-electron chi connectivity index (χ0n) is 11.8. The van der Waals surface area contributed by atoms with Crippen LogP contribution in [0.15, 0.2) is 0 Å². The van der Waals surface area contributed by atoms with Crippen molar-refractivity contribution >= 4 is 11.9 Å². The number of hydroxylamine groups is 1. The third kappa shape index (κ3) is 8.95. The first-order valence-corrected chi connectivity index (χ1v) is 6.15. The number of carbonyl (C=O) groups excluding carboxylic acids is 2. The molecule has 0 amide bonds. The third-order valence-electron chi connectivity index (χ3n) is 1.99. The van der Waals surface area contributed by atoms with Gasteiger partial charge in [-0.15, -0.1) is 5.48 Å². The van der Waals surface area contributed by atoms with Crippen molar-refractivity contribution in [3.8, 4) is 0 Å². The Morgan fingerprint density at radius 1 is 1.28 bits per heavy atom. The van der Waals surface area contributed by atoms with Gasteiger partial charge in [0.2, 0.25) is 0 Å². The largest absolute Gasteiger partial charge is 0.528 e. The number of ketones is 1. The van der Waals surface area contributed by atoms with E-state index in [1.54, 1.807) is 27.7 Å². The lowest BCUT2D eigenvalue weighted by Crippen LogP contribution is -2.38. The molecule has 0 bridgehead atoms. The van der Waals surface area contributed by atoms with Gasteiger partial charge in [-0.25, -0.2) is 4.79 Å². The third-order valence-corrected chi connectivity index (χ3v) is 1.99. The molecule has 1 atom stereocenters. The fourth-order valence-electron chi connectivity index (χ4n) is 1.08. The van der Waals surface area contributed by atoms with Gasteiger partial charge in [0.25, 0.3) is 0 Å². The maximum atomic E-state index is 11.6. The van der Waals surface area contributed by atoms with Crippen molar-refractivity contribution in [1.29, 1.82) is 0 Å². The Kier molecular flexibility index (Phi) is 7.54. The average Bonchev–Trinajstić information content (AvgIpc) is 2.23. The summed E-state index contributed by atoms with van der Waals surface area (Å²) in [6.45, 7) is 10.3. The summed E-state index contributed by atoms with van der Waals surface area (Å²) in [7, 11) is 0. The van der Waals surface area contributed by atoms with E-state index in [1.165, 1.54) is 0 Å². The van der Waals surface area contributed by atoms with Gasteiger partial charge in [-0.2, -0.15) is 0 Å². The lowest BCUT2D eigenvalue weighted by Gasteiger charge is -2.19. The minimum atomic E-state index is -0.839. The summed E-state index contributed by atoms with van der Waals surface area (Å²) in [5, 5.41) is 3.05. The molecule has 0 aliphatic rings. The van der Waals surface area contributed by atoms with Crippen molar-refractivity contribution in [1.82, 2.24) is 10.8 Å². The zero-order chi connectivity index (χ0) is 14.2. The Balaban J connectivity index is 3.84. The molecule has 0 saturated carbocycles. The predicted octanol–water partition coefficient (Wildman–Crippen LogP) is 1.40. The summed E-state index contributed by atoms with van der Waals surface area (Å²) in [4.78, 5) is 27.5. The van der Waals surface area contributed by atoms with Crippen LogP contribution in [0.25, 0.3) is 0 Å². The second-order valence-corrected chi connectivity index (χ2v) is 4.98. The lowest BCUT2D eigenvalue weighted by molar-refractivity contribution is -0.124. The van der Waals surface area contributed by atoms with Gasteiger partial charge in [0, 0.05) is 13.0 Å². The molecule has 6 nitrogen and oxygen atoms in total. The highest BCUT2D eigenvalue weighted by Gasteiger charge is 2.19. The molecule has 0 aromatic heterocycles. The fourth-order valence-corrected chi connectivity index (χ4v) is 1.08. The highest BCUT2D eigenvalue weighted by atomic mass is 16.8. The molecule has 0 radical (unpaired) electrons. The van der Waals surface area contributed by atoms with Gasteiger partial charge in [-0.3, -0.25) is 4.79 Å². The van der Waals surface area contributed by atoms with Crippen LogP contribution in [0.2, 0.25) is 0 Å². The minimum absolute atomic E-state index is 0.0282. The molecule has 0 rings (SSSR count). The molecule has 2 N–H and O–H groups in total. The van der Waals surface area contributed by atoms with E-state index in [9.17, 15) is 9.59 Å². The van der Waals surface area contributed by atoms with Gasteiger partial charge in [-0.1, -0.05) is 6.92 Å². The molecular weight excluding hydrogens is 236 g/mol. The smallest absolute Gasteiger partial charge is 0.427 e. The van der Waals surface area contributed by atoms with Crippen LogP contribution in [-0.4, -0.2) is 36.7 Å². The molecule has 0 aliphatic heterocycles. The summed E-state index contributed by atoms with van der Waals surface area (Å²) in [6, 6.07) is -0.545. The fraction of sp³-hybridized carbons (Fsp3) is 0.833. The normalized spacial score (nSPS) is 12.9. The van der Waals surface area contributed by atoms with E-state index in [-0.39, 0.29) is 5.78 Å². The summed E-state index contributed by atoms with van der Waals surface area (Å²) in [6.07, 6.45) is -0.450. The van der Waals surface area contributed by atoms with E-state index in [2.05, 4.69) is 15.6 Å². The first-order valence-electron chi connectivity index (χ1n) is 6.15. The maximum absolute atomic E-state index is 11.6. The van der Waals surface area contributed by atoms with E-state index in [0.29, 0.717) is 13.0 Å². The number of ether oxygens (including phenoxy) is 1. The highest BCUT2D eigenvalue weighted by molar-refractivity contribution is 5.83. The van der Waals surface area contributed by atoms with Gasteiger partial charge in [0.05, 0.1) is 6.04 Å². The van der Waals surface area contributed by atoms with Crippen LogP contribution >= 0.6 is 0 Å². The van der Waals surface area contributed by atoms with E-state index in [1.807, 2.05) is 6.92 Å². The molecule has 0 saturated heterocycles. The molecule has 0 aliphatic carbocycles. The summed E-state index contributed by atoms with van der Waals surface area (Å²) >= 11 is 0. The van der Waals surface area contributed by atoms with Gasteiger partial charge in [0.1, 0.15) is 5.60 Å². The van der Waals surface area contributed by atoms with Crippen LogP contribution in [0.3, 0.4) is 0 Å². The quantitative estimate of drug-likeness (QED) is 0.409. The molecule has 0 unspecified atom stereocenters. The van der Waals surface area contributed by atoms with E-state index < -0.39 is 17.8 Å². The second-order valence-electron chi connectivity index (χ2n) is 4.98. The van der Waals surface area contributed by atoms with Crippen molar-refractivity contribution in [3.63, 3.8) is 0 Å². The van der Waals surface area contributed by atoms with Crippen LogP contribution in [0.5, 0.6) is 0 Å². The van der Waals surface area contributed by atoms with Crippen LogP contribution in [0.4, 0.5) is 4.79 Å². The number of Topliss-reactive ketones (excluding diaryl/α,β-unsaturated/α-hetero) is 1. The van der Waals surface area contributed by atoms with Crippen molar-refractivity contribution in [2.75, 3.05) is 13.1 Å². The Bertz CT molecular complexity index is 274. The summed E-state index contributed by atoms with van der Waals surface area (Å²) in [5.41, 5.74) is 1.77. The van der Waals surface area contributed by atoms with Crippen LogP contribution in [0, 0.1) is 0 Å². The van der Waals surface area contributed by atoms with E-state index >= 15 is 0 Å². The molecule has 0 aromatic rings.